The second-order valence-electron chi connectivity index (χ2n) is 3.96. The van der Waals surface area contributed by atoms with Gasteiger partial charge >= 0.3 is 0 Å². The SMILES string of the molecule is CCSC1=NC(=Cc2cc(Cl)cc(OC)c2OC)C(=O)S1. The van der Waals surface area contributed by atoms with Crippen LogP contribution in [0.15, 0.2) is 22.8 Å². The predicted molar refractivity (Wildman–Crippen MR) is 90.7 cm³/mol. The summed E-state index contributed by atoms with van der Waals surface area (Å²) in [6.45, 7) is 2.02. The number of rotatable bonds is 4. The van der Waals surface area contributed by atoms with Crippen LogP contribution in [0.25, 0.3) is 6.08 Å². The van der Waals surface area contributed by atoms with Gasteiger partial charge in [-0.25, -0.2) is 4.99 Å². The lowest BCUT2D eigenvalue weighted by atomic mass is 10.1. The summed E-state index contributed by atoms with van der Waals surface area (Å²) in [7, 11) is 3.08. The number of aliphatic imine (C=N–C) groups is 1. The van der Waals surface area contributed by atoms with Crippen LogP contribution < -0.4 is 9.47 Å². The minimum absolute atomic E-state index is 0.0769. The molecule has 4 nitrogen and oxygen atoms in total. The number of hydrogen-bond donors (Lipinski definition) is 0. The van der Waals surface area contributed by atoms with Crippen molar-refractivity contribution < 1.29 is 14.3 Å². The summed E-state index contributed by atoms with van der Waals surface area (Å²) < 4.78 is 11.3. The summed E-state index contributed by atoms with van der Waals surface area (Å²) in [6, 6.07) is 3.38. The third-order valence-corrected chi connectivity index (χ3v) is 4.74. The van der Waals surface area contributed by atoms with Crippen LogP contribution in [0.5, 0.6) is 11.5 Å². The lowest BCUT2D eigenvalue weighted by Crippen LogP contribution is -1.95. The van der Waals surface area contributed by atoms with Gasteiger partial charge in [0.2, 0.25) is 5.12 Å². The molecule has 1 heterocycles. The van der Waals surface area contributed by atoms with E-state index in [1.807, 2.05) is 6.92 Å². The fourth-order valence-corrected chi connectivity index (χ4v) is 3.74. The van der Waals surface area contributed by atoms with Gasteiger partial charge in [-0.3, -0.25) is 4.79 Å². The first-order valence-corrected chi connectivity index (χ1v) is 8.34. The van der Waals surface area contributed by atoms with E-state index in [9.17, 15) is 4.79 Å². The van der Waals surface area contributed by atoms with Gasteiger partial charge in [-0.2, -0.15) is 0 Å². The molecule has 2 rings (SSSR count). The molecule has 0 amide bonds. The van der Waals surface area contributed by atoms with Crippen LogP contribution in [0.1, 0.15) is 12.5 Å². The Morgan fingerprint density at radius 1 is 1.38 bits per heavy atom. The van der Waals surface area contributed by atoms with Gasteiger partial charge < -0.3 is 9.47 Å². The molecule has 0 aliphatic carbocycles. The molecule has 0 saturated heterocycles. The number of halogens is 1. The molecule has 0 unspecified atom stereocenters. The molecule has 1 aliphatic heterocycles. The molecule has 0 atom stereocenters. The van der Waals surface area contributed by atoms with Gasteiger partial charge in [0, 0.05) is 16.7 Å². The van der Waals surface area contributed by atoms with E-state index in [0.717, 1.165) is 21.9 Å². The average Bonchev–Trinajstić information content (AvgIpc) is 2.78. The Morgan fingerprint density at radius 3 is 2.76 bits per heavy atom. The number of carbonyl (C=O) groups is 1. The smallest absolute Gasteiger partial charge is 0.244 e. The van der Waals surface area contributed by atoms with Gasteiger partial charge in [0.05, 0.1) is 14.2 Å². The first-order valence-electron chi connectivity index (χ1n) is 6.16. The monoisotopic (exact) mass is 343 g/mol. The Balaban J connectivity index is 2.45. The van der Waals surface area contributed by atoms with Crippen molar-refractivity contribution in [1.29, 1.82) is 0 Å². The van der Waals surface area contributed by atoms with Crippen molar-refractivity contribution in [2.45, 2.75) is 6.92 Å². The highest BCUT2D eigenvalue weighted by Crippen LogP contribution is 2.38. The lowest BCUT2D eigenvalue weighted by molar-refractivity contribution is -0.107. The Morgan fingerprint density at radius 2 is 2.14 bits per heavy atom. The zero-order chi connectivity index (χ0) is 15.4. The molecule has 1 aromatic rings. The number of ether oxygens (including phenoxy) is 2. The van der Waals surface area contributed by atoms with Crippen LogP contribution in [0.2, 0.25) is 5.02 Å². The summed E-state index contributed by atoms with van der Waals surface area (Å²) in [6.07, 6.45) is 1.67. The molecule has 21 heavy (non-hydrogen) atoms. The van der Waals surface area contributed by atoms with Gasteiger partial charge in [0.1, 0.15) is 10.1 Å². The zero-order valence-corrected chi connectivity index (χ0v) is 14.2. The highest BCUT2D eigenvalue weighted by atomic mass is 35.5. The number of thioether (sulfide) groups is 2. The highest BCUT2D eigenvalue weighted by Gasteiger charge is 2.23. The first kappa shape index (κ1) is 16.3. The molecular formula is C14H14ClNO3S2. The van der Waals surface area contributed by atoms with Gasteiger partial charge in [-0.15, -0.1) is 0 Å². The number of carbonyl (C=O) groups excluding carboxylic acids is 1. The summed E-state index contributed by atoms with van der Waals surface area (Å²) in [5.41, 5.74) is 1.05. The number of nitrogens with zero attached hydrogens (tertiary/aromatic N) is 1. The number of hydrogen-bond acceptors (Lipinski definition) is 6. The minimum Gasteiger partial charge on any atom is -0.493 e. The Bertz CT molecular complexity index is 629. The van der Waals surface area contributed by atoms with Crippen LogP contribution in [0.3, 0.4) is 0 Å². The van der Waals surface area contributed by atoms with E-state index in [0.29, 0.717) is 27.8 Å². The highest BCUT2D eigenvalue weighted by molar-refractivity contribution is 8.45. The van der Waals surface area contributed by atoms with Gasteiger partial charge in [-0.1, -0.05) is 30.3 Å². The third kappa shape index (κ3) is 3.75. The number of benzene rings is 1. The molecule has 1 aromatic carbocycles. The van der Waals surface area contributed by atoms with E-state index in [2.05, 4.69) is 4.99 Å². The van der Waals surface area contributed by atoms with Crippen LogP contribution in [0.4, 0.5) is 0 Å². The molecule has 1 aliphatic rings. The van der Waals surface area contributed by atoms with Crippen molar-refractivity contribution in [3.05, 3.63) is 28.4 Å². The van der Waals surface area contributed by atoms with E-state index < -0.39 is 0 Å². The van der Waals surface area contributed by atoms with E-state index in [4.69, 9.17) is 21.1 Å². The Hall–Kier alpha value is -1.11. The topological polar surface area (TPSA) is 47.9 Å². The van der Waals surface area contributed by atoms with Crippen molar-refractivity contribution in [1.82, 2.24) is 0 Å². The second kappa shape index (κ2) is 7.24. The van der Waals surface area contributed by atoms with E-state index >= 15 is 0 Å². The van der Waals surface area contributed by atoms with Crippen LogP contribution in [-0.2, 0) is 4.79 Å². The largest absolute Gasteiger partial charge is 0.493 e. The summed E-state index contributed by atoms with van der Waals surface area (Å²) in [5, 5.41) is 0.427. The minimum atomic E-state index is -0.0769. The van der Waals surface area contributed by atoms with Crippen LogP contribution >= 0.6 is 35.1 Å². The van der Waals surface area contributed by atoms with E-state index in [1.165, 1.54) is 7.11 Å². The average molecular weight is 344 g/mol. The van der Waals surface area contributed by atoms with Crippen LogP contribution in [0, 0.1) is 0 Å². The lowest BCUT2D eigenvalue weighted by Gasteiger charge is -2.11. The molecule has 0 bridgehead atoms. The van der Waals surface area contributed by atoms with Gasteiger partial charge in [0.15, 0.2) is 11.5 Å². The van der Waals surface area contributed by atoms with Gasteiger partial charge in [-0.05, 0) is 29.7 Å². The van der Waals surface area contributed by atoms with Crippen molar-refractivity contribution in [3.8, 4) is 11.5 Å². The maximum absolute atomic E-state index is 12.0. The quantitative estimate of drug-likeness (QED) is 0.771. The standard InChI is InChI=1S/C14H14ClNO3S2/c1-4-20-14-16-10(13(17)21-14)6-8-5-9(15)7-11(18-2)12(8)19-3/h5-7H,4H2,1-3H3. The molecule has 0 spiro atoms. The first-order chi connectivity index (χ1) is 10.1. The molecular weight excluding hydrogens is 330 g/mol. The van der Waals surface area contributed by atoms with Crippen molar-refractivity contribution in [2.24, 2.45) is 4.99 Å². The third-order valence-electron chi connectivity index (χ3n) is 2.63. The van der Waals surface area contributed by atoms with Crippen molar-refractivity contribution in [3.63, 3.8) is 0 Å². The van der Waals surface area contributed by atoms with E-state index in [1.54, 1.807) is 37.1 Å². The second-order valence-corrected chi connectivity index (χ2v) is 6.87. The molecule has 0 fully saturated rings. The van der Waals surface area contributed by atoms with Gasteiger partial charge in [0.25, 0.3) is 0 Å². The summed E-state index contributed by atoms with van der Waals surface area (Å²) in [4.78, 5) is 16.3. The predicted octanol–water partition coefficient (Wildman–Crippen LogP) is 4.08. The van der Waals surface area contributed by atoms with Crippen molar-refractivity contribution >= 4 is 50.7 Å². The zero-order valence-electron chi connectivity index (χ0n) is 11.8. The fourth-order valence-electron chi connectivity index (χ4n) is 1.79. The number of methoxy groups -OCH3 is 2. The molecule has 7 heteroatoms. The van der Waals surface area contributed by atoms with Crippen LogP contribution in [-0.4, -0.2) is 29.5 Å². The Kier molecular flexibility index (Phi) is 5.61. The normalized spacial score (nSPS) is 16.3. The molecule has 0 aromatic heterocycles. The maximum atomic E-state index is 12.0. The summed E-state index contributed by atoms with van der Waals surface area (Å²) in [5.74, 6) is 1.92. The maximum Gasteiger partial charge on any atom is 0.244 e. The molecule has 0 saturated carbocycles. The van der Waals surface area contributed by atoms with E-state index in [-0.39, 0.29) is 5.12 Å². The molecule has 0 N–H and O–H groups in total. The fraction of sp³-hybridized carbons (Fsp3) is 0.286. The Labute approximate surface area is 136 Å². The van der Waals surface area contributed by atoms with Crippen molar-refractivity contribution in [2.75, 3.05) is 20.0 Å². The molecule has 0 radical (unpaired) electrons. The molecule has 112 valence electrons. The summed E-state index contributed by atoms with van der Waals surface area (Å²) >= 11 is 8.76.